The lowest BCUT2D eigenvalue weighted by molar-refractivity contribution is -0.0620. The Hall–Kier alpha value is -0.0800. The number of fused-ring (bicyclic) bond motifs is 2. The van der Waals surface area contributed by atoms with Crippen molar-refractivity contribution in [2.45, 2.75) is 13.8 Å². The fourth-order valence-corrected chi connectivity index (χ4v) is 2.91. The van der Waals surface area contributed by atoms with Crippen LogP contribution in [0.15, 0.2) is 0 Å². The van der Waals surface area contributed by atoms with Crippen molar-refractivity contribution in [1.82, 2.24) is 5.32 Å². The van der Waals surface area contributed by atoms with Crippen LogP contribution in [0.25, 0.3) is 0 Å². The molecule has 2 nitrogen and oxygen atoms in total. The molecule has 2 fully saturated rings. The predicted octanol–water partition coefficient (Wildman–Crippen LogP) is 1.12. The zero-order valence-electron chi connectivity index (χ0n) is 8.05. The summed E-state index contributed by atoms with van der Waals surface area (Å²) in [6.07, 6.45) is 0. The van der Waals surface area contributed by atoms with Crippen LogP contribution in [0.2, 0.25) is 0 Å². The van der Waals surface area contributed by atoms with Crippen molar-refractivity contribution < 1.29 is 4.74 Å². The van der Waals surface area contributed by atoms with Crippen LogP contribution < -0.4 is 5.32 Å². The quantitative estimate of drug-likeness (QED) is 0.635. The van der Waals surface area contributed by atoms with Gasteiger partial charge in [-0.2, -0.15) is 0 Å². The van der Waals surface area contributed by atoms with E-state index < -0.39 is 0 Å². The van der Waals surface area contributed by atoms with E-state index in [0.717, 1.165) is 36.9 Å². The van der Waals surface area contributed by atoms with E-state index in [4.69, 9.17) is 4.74 Å². The van der Waals surface area contributed by atoms with E-state index in [1.807, 2.05) is 0 Å². The second-order valence-corrected chi connectivity index (χ2v) is 4.54. The van der Waals surface area contributed by atoms with Crippen LogP contribution in [0.1, 0.15) is 13.8 Å². The average Bonchev–Trinajstić information content (AvgIpc) is 2.02. The van der Waals surface area contributed by atoms with Gasteiger partial charge in [0, 0.05) is 13.1 Å². The third-order valence-corrected chi connectivity index (χ3v) is 3.34. The first-order chi connectivity index (χ1) is 5.79. The monoisotopic (exact) mass is 169 g/mol. The third-order valence-electron chi connectivity index (χ3n) is 3.34. The first-order valence-electron chi connectivity index (χ1n) is 5.07. The number of hydrogen-bond acceptors (Lipinski definition) is 2. The van der Waals surface area contributed by atoms with Crippen LogP contribution >= 0.6 is 0 Å². The Balaban J connectivity index is 2.08. The van der Waals surface area contributed by atoms with Crippen LogP contribution in [-0.2, 0) is 4.74 Å². The largest absolute Gasteiger partial charge is 0.381 e. The molecular formula is C10H19NO. The van der Waals surface area contributed by atoms with E-state index in [1.54, 1.807) is 0 Å². The molecule has 0 amide bonds. The average molecular weight is 169 g/mol. The molecule has 2 bridgehead atoms. The smallest absolute Gasteiger partial charge is 0.0509 e. The lowest BCUT2D eigenvalue weighted by atomic mass is 9.71. The van der Waals surface area contributed by atoms with Crippen molar-refractivity contribution in [3.05, 3.63) is 0 Å². The molecule has 2 heteroatoms. The summed E-state index contributed by atoms with van der Waals surface area (Å²) in [6.45, 7) is 8.99. The van der Waals surface area contributed by atoms with Crippen molar-refractivity contribution in [3.63, 3.8) is 0 Å². The van der Waals surface area contributed by atoms with Gasteiger partial charge in [0.2, 0.25) is 0 Å². The number of rotatable bonds is 1. The second kappa shape index (κ2) is 3.35. The van der Waals surface area contributed by atoms with Gasteiger partial charge < -0.3 is 10.1 Å². The van der Waals surface area contributed by atoms with Crippen LogP contribution in [0, 0.1) is 23.7 Å². The first-order valence-corrected chi connectivity index (χ1v) is 5.07. The molecule has 2 aliphatic rings. The zero-order valence-corrected chi connectivity index (χ0v) is 8.05. The van der Waals surface area contributed by atoms with E-state index in [0.29, 0.717) is 0 Å². The highest BCUT2D eigenvalue weighted by Gasteiger charge is 2.38. The molecule has 70 valence electrons. The fraction of sp³-hybridized carbons (Fsp3) is 1.00. The molecule has 0 spiro atoms. The molecular weight excluding hydrogens is 150 g/mol. The normalized spacial score (nSPS) is 41.8. The van der Waals surface area contributed by atoms with Crippen molar-refractivity contribution in [2.24, 2.45) is 23.7 Å². The number of nitrogens with one attached hydrogen (secondary N) is 1. The molecule has 0 aromatic carbocycles. The highest BCUT2D eigenvalue weighted by Crippen LogP contribution is 2.34. The van der Waals surface area contributed by atoms with Crippen LogP contribution in [-0.4, -0.2) is 26.3 Å². The van der Waals surface area contributed by atoms with Crippen molar-refractivity contribution in [3.8, 4) is 0 Å². The topological polar surface area (TPSA) is 21.3 Å². The second-order valence-electron chi connectivity index (χ2n) is 4.54. The molecule has 12 heavy (non-hydrogen) atoms. The summed E-state index contributed by atoms with van der Waals surface area (Å²) >= 11 is 0. The van der Waals surface area contributed by atoms with Crippen LogP contribution in [0.3, 0.4) is 0 Å². The van der Waals surface area contributed by atoms with Gasteiger partial charge >= 0.3 is 0 Å². The number of ether oxygens (including phenoxy) is 1. The summed E-state index contributed by atoms with van der Waals surface area (Å²) in [5.74, 6) is 3.28. The Bertz CT molecular complexity index is 136. The van der Waals surface area contributed by atoms with E-state index in [9.17, 15) is 0 Å². The van der Waals surface area contributed by atoms with E-state index in [2.05, 4.69) is 19.2 Å². The number of hydrogen-bond donors (Lipinski definition) is 1. The maximum Gasteiger partial charge on any atom is 0.0509 e. The minimum Gasteiger partial charge on any atom is -0.381 e. The molecule has 0 aromatic heterocycles. The Morgan fingerprint density at radius 1 is 1.17 bits per heavy atom. The third kappa shape index (κ3) is 1.38. The molecule has 2 saturated heterocycles. The van der Waals surface area contributed by atoms with Crippen LogP contribution in [0.4, 0.5) is 0 Å². The lowest BCUT2D eigenvalue weighted by Gasteiger charge is -2.44. The van der Waals surface area contributed by atoms with Gasteiger partial charge in [-0.3, -0.25) is 0 Å². The maximum atomic E-state index is 5.58. The van der Waals surface area contributed by atoms with Gasteiger partial charge in [0.15, 0.2) is 0 Å². The van der Waals surface area contributed by atoms with Gasteiger partial charge in [0.05, 0.1) is 13.2 Å². The van der Waals surface area contributed by atoms with E-state index in [1.165, 1.54) is 13.1 Å². The molecule has 1 N–H and O–H groups in total. The summed E-state index contributed by atoms with van der Waals surface area (Å²) < 4.78 is 5.58. The highest BCUT2D eigenvalue weighted by atomic mass is 16.5. The summed E-state index contributed by atoms with van der Waals surface area (Å²) in [6, 6.07) is 0. The Morgan fingerprint density at radius 3 is 2.17 bits per heavy atom. The van der Waals surface area contributed by atoms with E-state index >= 15 is 0 Å². The lowest BCUT2D eigenvalue weighted by Crippen LogP contribution is -2.52. The minimum atomic E-state index is 0.775. The molecule has 0 aromatic rings. The van der Waals surface area contributed by atoms with E-state index in [-0.39, 0.29) is 0 Å². The highest BCUT2D eigenvalue weighted by molar-refractivity contribution is 4.89. The van der Waals surface area contributed by atoms with Crippen LogP contribution in [0.5, 0.6) is 0 Å². The molecule has 0 aliphatic carbocycles. The molecule has 2 heterocycles. The van der Waals surface area contributed by atoms with Gasteiger partial charge in [-0.15, -0.1) is 0 Å². The summed E-state index contributed by atoms with van der Waals surface area (Å²) in [5, 5.41) is 3.49. The maximum absolute atomic E-state index is 5.58. The summed E-state index contributed by atoms with van der Waals surface area (Å²) in [7, 11) is 0. The SMILES string of the molecule is CC(C)C1C2CNCC1COC2. The molecule has 2 rings (SSSR count). The molecule has 0 saturated carbocycles. The molecule has 2 atom stereocenters. The number of piperidine rings is 1. The predicted molar refractivity (Wildman–Crippen MR) is 49.0 cm³/mol. The van der Waals surface area contributed by atoms with Crippen molar-refractivity contribution in [2.75, 3.05) is 26.3 Å². The summed E-state index contributed by atoms with van der Waals surface area (Å²) in [4.78, 5) is 0. The van der Waals surface area contributed by atoms with Gasteiger partial charge in [-0.1, -0.05) is 13.8 Å². The molecule has 0 radical (unpaired) electrons. The van der Waals surface area contributed by atoms with Gasteiger partial charge in [0.25, 0.3) is 0 Å². The van der Waals surface area contributed by atoms with Crippen molar-refractivity contribution in [1.29, 1.82) is 0 Å². The van der Waals surface area contributed by atoms with Crippen molar-refractivity contribution >= 4 is 0 Å². The minimum absolute atomic E-state index is 0.775. The van der Waals surface area contributed by atoms with Gasteiger partial charge in [-0.05, 0) is 23.7 Å². The first kappa shape index (κ1) is 8.52. The molecule has 2 unspecified atom stereocenters. The Labute approximate surface area is 74.7 Å². The Kier molecular flexibility index (Phi) is 2.37. The molecule has 2 aliphatic heterocycles. The Morgan fingerprint density at radius 2 is 1.75 bits per heavy atom. The summed E-state index contributed by atoms with van der Waals surface area (Å²) in [5.41, 5.74) is 0. The standard InChI is InChI=1S/C10H19NO/c1-7(2)10-8-3-11-4-9(10)6-12-5-8/h7-11H,3-6H2,1-2H3. The van der Waals surface area contributed by atoms with Gasteiger partial charge in [0.1, 0.15) is 0 Å². The zero-order chi connectivity index (χ0) is 8.55. The van der Waals surface area contributed by atoms with Gasteiger partial charge in [-0.25, -0.2) is 0 Å². The fourth-order valence-electron chi connectivity index (χ4n) is 2.91.